The van der Waals surface area contributed by atoms with E-state index in [9.17, 15) is 0 Å². The number of nitrogens with zero attached hydrogens (tertiary/aromatic N) is 2. The monoisotopic (exact) mass is 241 g/mol. The number of nitrogens with one attached hydrogen (secondary N) is 1. The number of hydrogen-bond donors (Lipinski definition) is 1. The summed E-state index contributed by atoms with van der Waals surface area (Å²) in [4.78, 5) is 0. The van der Waals surface area contributed by atoms with Gasteiger partial charge in [0.2, 0.25) is 0 Å². The minimum absolute atomic E-state index is 0.735. The SMILES string of the molecule is CCn1ncc(CNC2CC2)c1-c1ccccc1. The third kappa shape index (κ3) is 2.31. The predicted molar refractivity (Wildman–Crippen MR) is 73.2 cm³/mol. The van der Waals surface area contributed by atoms with E-state index in [0.29, 0.717) is 0 Å². The highest BCUT2D eigenvalue weighted by Crippen LogP contribution is 2.25. The van der Waals surface area contributed by atoms with Crippen LogP contribution in [0.1, 0.15) is 25.3 Å². The lowest BCUT2D eigenvalue weighted by molar-refractivity contribution is 0.663. The largest absolute Gasteiger partial charge is 0.310 e. The van der Waals surface area contributed by atoms with Crippen molar-refractivity contribution in [3.05, 3.63) is 42.1 Å². The zero-order chi connectivity index (χ0) is 12.4. The predicted octanol–water partition coefficient (Wildman–Crippen LogP) is 2.82. The molecule has 0 radical (unpaired) electrons. The first kappa shape index (κ1) is 11.5. The van der Waals surface area contributed by atoms with Crippen molar-refractivity contribution in [1.29, 1.82) is 0 Å². The molecule has 1 fully saturated rings. The van der Waals surface area contributed by atoms with Crippen LogP contribution in [-0.2, 0) is 13.1 Å². The summed E-state index contributed by atoms with van der Waals surface area (Å²) in [5, 5.41) is 8.05. The van der Waals surface area contributed by atoms with Gasteiger partial charge in [0, 0.05) is 30.3 Å². The van der Waals surface area contributed by atoms with Crippen molar-refractivity contribution >= 4 is 0 Å². The van der Waals surface area contributed by atoms with Crippen LogP contribution in [0.4, 0.5) is 0 Å². The minimum Gasteiger partial charge on any atom is -0.310 e. The van der Waals surface area contributed by atoms with E-state index in [-0.39, 0.29) is 0 Å². The lowest BCUT2D eigenvalue weighted by Gasteiger charge is -2.09. The van der Waals surface area contributed by atoms with Gasteiger partial charge in [-0.2, -0.15) is 5.10 Å². The number of benzene rings is 1. The van der Waals surface area contributed by atoms with Gasteiger partial charge in [0.1, 0.15) is 0 Å². The average Bonchev–Trinajstić information content (AvgIpc) is 3.16. The minimum atomic E-state index is 0.735. The van der Waals surface area contributed by atoms with Crippen molar-refractivity contribution in [3.63, 3.8) is 0 Å². The van der Waals surface area contributed by atoms with Gasteiger partial charge in [-0.3, -0.25) is 4.68 Å². The molecule has 18 heavy (non-hydrogen) atoms. The maximum absolute atomic E-state index is 4.49. The van der Waals surface area contributed by atoms with Gasteiger partial charge in [-0.15, -0.1) is 0 Å². The van der Waals surface area contributed by atoms with Crippen LogP contribution in [0, 0.1) is 0 Å². The Morgan fingerprint density at radius 3 is 2.72 bits per heavy atom. The molecule has 0 unspecified atom stereocenters. The second-order valence-corrected chi connectivity index (χ2v) is 4.86. The third-order valence-electron chi connectivity index (χ3n) is 3.42. The fraction of sp³-hybridized carbons (Fsp3) is 0.400. The van der Waals surface area contributed by atoms with E-state index in [4.69, 9.17) is 0 Å². The molecule has 0 aliphatic heterocycles. The van der Waals surface area contributed by atoms with Gasteiger partial charge in [-0.1, -0.05) is 30.3 Å². The van der Waals surface area contributed by atoms with Gasteiger partial charge in [0.05, 0.1) is 11.9 Å². The van der Waals surface area contributed by atoms with Crippen LogP contribution in [0.2, 0.25) is 0 Å². The van der Waals surface area contributed by atoms with E-state index in [1.165, 1.54) is 29.7 Å². The van der Waals surface area contributed by atoms with Crippen LogP contribution in [0.3, 0.4) is 0 Å². The summed E-state index contributed by atoms with van der Waals surface area (Å²) in [6.07, 6.45) is 4.65. The molecule has 0 amide bonds. The highest BCUT2D eigenvalue weighted by molar-refractivity contribution is 5.63. The molecule has 1 aromatic carbocycles. The quantitative estimate of drug-likeness (QED) is 0.872. The summed E-state index contributed by atoms with van der Waals surface area (Å²) in [5.74, 6) is 0. The molecule has 3 nitrogen and oxygen atoms in total. The molecular weight excluding hydrogens is 222 g/mol. The number of hydrogen-bond acceptors (Lipinski definition) is 2. The maximum Gasteiger partial charge on any atom is 0.0727 e. The van der Waals surface area contributed by atoms with Gasteiger partial charge >= 0.3 is 0 Å². The lowest BCUT2D eigenvalue weighted by atomic mass is 10.1. The fourth-order valence-electron chi connectivity index (χ4n) is 2.27. The molecule has 0 spiro atoms. The summed E-state index contributed by atoms with van der Waals surface area (Å²) in [7, 11) is 0. The molecular formula is C15H19N3. The highest BCUT2D eigenvalue weighted by atomic mass is 15.3. The number of aryl methyl sites for hydroxylation is 1. The second kappa shape index (κ2) is 4.94. The Balaban J connectivity index is 1.91. The third-order valence-corrected chi connectivity index (χ3v) is 3.42. The van der Waals surface area contributed by atoms with Gasteiger partial charge < -0.3 is 5.32 Å². The van der Waals surface area contributed by atoms with Crippen LogP contribution in [-0.4, -0.2) is 15.8 Å². The average molecular weight is 241 g/mol. The summed E-state index contributed by atoms with van der Waals surface area (Å²) in [6, 6.07) is 11.3. The Labute approximate surface area is 108 Å². The van der Waals surface area contributed by atoms with E-state index >= 15 is 0 Å². The van der Waals surface area contributed by atoms with E-state index < -0.39 is 0 Å². The Morgan fingerprint density at radius 1 is 1.28 bits per heavy atom. The molecule has 3 heteroatoms. The van der Waals surface area contributed by atoms with E-state index in [1.54, 1.807) is 0 Å². The Kier molecular flexibility index (Phi) is 3.15. The van der Waals surface area contributed by atoms with Crippen LogP contribution in [0.5, 0.6) is 0 Å². The molecule has 2 aromatic rings. The summed E-state index contributed by atoms with van der Waals surface area (Å²) in [6.45, 7) is 3.97. The van der Waals surface area contributed by atoms with E-state index in [0.717, 1.165) is 19.1 Å². The molecule has 3 rings (SSSR count). The Hall–Kier alpha value is -1.61. The van der Waals surface area contributed by atoms with Crippen LogP contribution in [0.15, 0.2) is 36.5 Å². The summed E-state index contributed by atoms with van der Waals surface area (Å²) < 4.78 is 2.08. The first-order valence-electron chi connectivity index (χ1n) is 6.72. The van der Waals surface area contributed by atoms with Gasteiger partial charge in [0.25, 0.3) is 0 Å². The molecule has 1 aliphatic carbocycles. The van der Waals surface area contributed by atoms with Gasteiger partial charge in [-0.25, -0.2) is 0 Å². The highest BCUT2D eigenvalue weighted by Gasteiger charge is 2.21. The zero-order valence-corrected chi connectivity index (χ0v) is 10.8. The van der Waals surface area contributed by atoms with Crippen molar-refractivity contribution in [2.24, 2.45) is 0 Å². The molecule has 1 aromatic heterocycles. The molecule has 1 saturated carbocycles. The van der Waals surface area contributed by atoms with Crippen molar-refractivity contribution in [2.75, 3.05) is 0 Å². The van der Waals surface area contributed by atoms with Gasteiger partial charge in [0.15, 0.2) is 0 Å². The first-order chi connectivity index (χ1) is 8.88. The number of rotatable bonds is 5. The first-order valence-corrected chi connectivity index (χ1v) is 6.72. The molecule has 0 saturated heterocycles. The molecule has 1 N–H and O–H groups in total. The lowest BCUT2D eigenvalue weighted by Crippen LogP contribution is -2.15. The standard InChI is InChI=1S/C15H19N3/c1-2-18-15(12-6-4-3-5-7-12)13(11-17-18)10-16-14-8-9-14/h3-7,11,14,16H,2,8-10H2,1H3. The van der Waals surface area contributed by atoms with E-state index in [2.05, 4.69) is 52.4 Å². The molecule has 0 bridgehead atoms. The van der Waals surface area contributed by atoms with Crippen molar-refractivity contribution in [3.8, 4) is 11.3 Å². The van der Waals surface area contributed by atoms with Crippen molar-refractivity contribution in [1.82, 2.24) is 15.1 Å². The van der Waals surface area contributed by atoms with Gasteiger partial charge in [-0.05, 0) is 19.8 Å². The summed E-state index contributed by atoms with van der Waals surface area (Å²) in [5.41, 5.74) is 3.81. The van der Waals surface area contributed by atoms with Crippen molar-refractivity contribution < 1.29 is 0 Å². The smallest absolute Gasteiger partial charge is 0.0727 e. The maximum atomic E-state index is 4.49. The van der Waals surface area contributed by atoms with Crippen molar-refractivity contribution in [2.45, 2.75) is 38.9 Å². The Morgan fingerprint density at radius 2 is 2.06 bits per heavy atom. The molecule has 0 atom stereocenters. The molecule has 1 aliphatic rings. The Bertz CT molecular complexity index is 512. The molecule has 1 heterocycles. The fourth-order valence-corrected chi connectivity index (χ4v) is 2.27. The number of aromatic nitrogens is 2. The van der Waals surface area contributed by atoms with Crippen LogP contribution < -0.4 is 5.32 Å². The zero-order valence-electron chi connectivity index (χ0n) is 10.8. The second-order valence-electron chi connectivity index (χ2n) is 4.86. The molecule has 94 valence electrons. The van der Waals surface area contributed by atoms with Crippen LogP contribution in [0.25, 0.3) is 11.3 Å². The van der Waals surface area contributed by atoms with Crippen LogP contribution >= 0.6 is 0 Å². The summed E-state index contributed by atoms with van der Waals surface area (Å²) >= 11 is 0. The topological polar surface area (TPSA) is 29.9 Å². The normalized spacial score (nSPS) is 14.9. The van der Waals surface area contributed by atoms with E-state index in [1.807, 2.05) is 6.20 Å².